The normalized spacial score (nSPS) is 9.57. The largest absolute Gasteiger partial charge is 0.494 e. The molecule has 0 aliphatic heterocycles. The van der Waals surface area contributed by atoms with E-state index in [0.29, 0.717) is 6.61 Å². The van der Waals surface area contributed by atoms with Crippen LogP contribution < -0.4 is 10.1 Å². The van der Waals surface area contributed by atoms with Crippen LogP contribution in [0.25, 0.3) is 0 Å². The molecule has 0 atom stereocenters. The number of benzene rings is 1. The lowest BCUT2D eigenvalue weighted by atomic mass is 10.2. The zero-order valence-corrected chi connectivity index (χ0v) is 8.71. The lowest BCUT2D eigenvalue weighted by Gasteiger charge is -2.09. The summed E-state index contributed by atoms with van der Waals surface area (Å²) < 4.78 is 5.39. The number of hydrogen-bond acceptors (Lipinski definition) is 3. The van der Waals surface area contributed by atoms with E-state index >= 15 is 0 Å². The number of aliphatic imine (C=N–C) groups is 1. The van der Waals surface area contributed by atoms with Crippen molar-refractivity contribution in [1.29, 1.82) is 0 Å². The summed E-state index contributed by atoms with van der Waals surface area (Å²) in [6.07, 6.45) is 0. The molecule has 14 heavy (non-hydrogen) atoms. The summed E-state index contributed by atoms with van der Waals surface area (Å²) in [4.78, 5) is 3.92. The van der Waals surface area contributed by atoms with Gasteiger partial charge in [-0.05, 0) is 32.7 Å². The van der Waals surface area contributed by atoms with Crippen LogP contribution in [-0.2, 0) is 0 Å². The molecular weight excluding hydrogens is 176 g/mol. The highest BCUT2D eigenvalue weighted by atomic mass is 16.5. The van der Waals surface area contributed by atoms with E-state index in [9.17, 15) is 0 Å². The molecule has 0 aliphatic rings. The molecule has 1 N–H and O–H groups in total. The van der Waals surface area contributed by atoms with Gasteiger partial charge >= 0.3 is 0 Å². The predicted octanol–water partition coefficient (Wildman–Crippen LogP) is 2.85. The molecule has 0 aliphatic carbocycles. The van der Waals surface area contributed by atoms with Crippen LogP contribution in [-0.4, -0.2) is 19.9 Å². The Kier molecular flexibility index (Phi) is 3.98. The minimum Gasteiger partial charge on any atom is -0.494 e. The number of nitrogens with one attached hydrogen (secondary N) is 1. The van der Waals surface area contributed by atoms with E-state index in [1.807, 2.05) is 32.0 Å². The Morgan fingerprint density at radius 3 is 2.79 bits per heavy atom. The van der Waals surface area contributed by atoms with Crippen molar-refractivity contribution in [2.45, 2.75) is 13.8 Å². The molecular formula is C11H16N2O. The second-order valence-corrected chi connectivity index (χ2v) is 2.80. The lowest BCUT2D eigenvalue weighted by Crippen LogP contribution is -1.98. The molecule has 0 bridgehead atoms. The quantitative estimate of drug-likeness (QED) is 0.728. The predicted molar refractivity (Wildman–Crippen MR) is 61.0 cm³/mol. The molecule has 1 aromatic carbocycles. The molecule has 1 rings (SSSR count). The molecule has 3 heteroatoms. The Morgan fingerprint density at radius 1 is 1.43 bits per heavy atom. The summed E-state index contributed by atoms with van der Waals surface area (Å²) >= 11 is 0. The molecule has 0 heterocycles. The molecule has 0 amide bonds. The van der Waals surface area contributed by atoms with E-state index in [1.165, 1.54) is 0 Å². The Morgan fingerprint density at radius 2 is 2.21 bits per heavy atom. The van der Waals surface area contributed by atoms with Crippen molar-refractivity contribution in [3.05, 3.63) is 18.2 Å². The molecule has 0 spiro atoms. The summed E-state index contributed by atoms with van der Waals surface area (Å²) in [5.41, 5.74) is 1.82. The first-order chi connectivity index (χ1) is 6.81. The highest BCUT2D eigenvalue weighted by Gasteiger charge is 2.01. The standard InChI is InChI=1S/C11H16N2O/c1-4-13-11-8-9(14-5-2)6-7-10(11)12-3/h6-8,13H,3-5H2,1-2H3. The van der Waals surface area contributed by atoms with Crippen LogP contribution in [0, 0.1) is 0 Å². The fourth-order valence-electron chi connectivity index (χ4n) is 1.24. The van der Waals surface area contributed by atoms with Crippen molar-refractivity contribution in [2.24, 2.45) is 4.99 Å². The average molecular weight is 192 g/mol. The van der Waals surface area contributed by atoms with Crippen LogP contribution in [0.15, 0.2) is 23.2 Å². The first-order valence-electron chi connectivity index (χ1n) is 4.79. The molecule has 0 saturated carbocycles. The van der Waals surface area contributed by atoms with E-state index in [-0.39, 0.29) is 0 Å². The SMILES string of the molecule is C=Nc1ccc(OCC)cc1NCC. The summed E-state index contributed by atoms with van der Waals surface area (Å²) in [5.74, 6) is 0.857. The molecule has 0 radical (unpaired) electrons. The fraction of sp³-hybridized carbons (Fsp3) is 0.364. The van der Waals surface area contributed by atoms with Gasteiger partial charge in [0.25, 0.3) is 0 Å². The first kappa shape index (κ1) is 10.6. The third-order valence-electron chi connectivity index (χ3n) is 1.82. The minimum atomic E-state index is 0.673. The zero-order chi connectivity index (χ0) is 10.4. The topological polar surface area (TPSA) is 33.6 Å². The maximum Gasteiger partial charge on any atom is 0.121 e. The smallest absolute Gasteiger partial charge is 0.121 e. The summed E-state index contributed by atoms with van der Waals surface area (Å²) in [5, 5.41) is 3.21. The number of ether oxygens (including phenoxy) is 1. The minimum absolute atomic E-state index is 0.673. The van der Waals surface area contributed by atoms with Crippen LogP contribution in [0.2, 0.25) is 0 Å². The van der Waals surface area contributed by atoms with Crippen molar-refractivity contribution < 1.29 is 4.74 Å². The molecule has 1 aromatic rings. The van der Waals surface area contributed by atoms with Gasteiger partial charge in [-0.2, -0.15) is 0 Å². The van der Waals surface area contributed by atoms with Crippen molar-refractivity contribution in [3.8, 4) is 5.75 Å². The lowest BCUT2D eigenvalue weighted by molar-refractivity contribution is 0.340. The molecule has 0 fully saturated rings. The van der Waals surface area contributed by atoms with Gasteiger partial charge in [-0.1, -0.05) is 0 Å². The van der Waals surface area contributed by atoms with E-state index in [2.05, 4.69) is 17.0 Å². The third-order valence-corrected chi connectivity index (χ3v) is 1.82. The van der Waals surface area contributed by atoms with Gasteiger partial charge in [0.05, 0.1) is 18.0 Å². The van der Waals surface area contributed by atoms with Crippen molar-refractivity contribution in [3.63, 3.8) is 0 Å². The summed E-state index contributed by atoms with van der Waals surface area (Å²) in [6, 6.07) is 5.74. The van der Waals surface area contributed by atoms with Gasteiger partial charge in [-0.15, -0.1) is 0 Å². The van der Waals surface area contributed by atoms with Crippen LogP contribution in [0.5, 0.6) is 5.75 Å². The summed E-state index contributed by atoms with van der Waals surface area (Å²) in [6.45, 7) is 9.06. The highest BCUT2D eigenvalue weighted by molar-refractivity contribution is 5.69. The maximum atomic E-state index is 5.39. The van der Waals surface area contributed by atoms with Crippen LogP contribution in [0.1, 0.15) is 13.8 Å². The molecule has 0 saturated heterocycles. The number of hydrogen-bond donors (Lipinski definition) is 1. The highest BCUT2D eigenvalue weighted by Crippen LogP contribution is 2.28. The van der Waals surface area contributed by atoms with Gasteiger partial charge in [0.15, 0.2) is 0 Å². The zero-order valence-electron chi connectivity index (χ0n) is 8.71. The first-order valence-corrected chi connectivity index (χ1v) is 4.79. The van der Waals surface area contributed by atoms with Crippen molar-refractivity contribution in [2.75, 3.05) is 18.5 Å². The molecule has 3 nitrogen and oxygen atoms in total. The van der Waals surface area contributed by atoms with Crippen LogP contribution in [0.4, 0.5) is 11.4 Å². The van der Waals surface area contributed by atoms with Gasteiger partial charge in [-0.25, -0.2) is 0 Å². The van der Waals surface area contributed by atoms with Crippen molar-refractivity contribution in [1.82, 2.24) is 0 Å². The second kappa shape index (κ2) is 5.27. The van der Waals surface area contributed by atoms with Crippen molar-refractivity contribution >= 4 is 18.1 Å². The van der Waals surface area contributed by atoms with Gasteiger partial charge < -0.3 is 10.1 Å². The monoisotopic (exact) mass is 192 g/mol. The number of anilines is 1. The van der Waals surface area contributed by atoms with E-state index in [4.69, 9.17) is 4.74 Å². The molecule has 76 valence electrons. The van der Waals surface area contributed by atoms with Gasteiger partial charge in [-0.3, -0.25) is 4.99 Å². The van der Waals surface area contributed by atoms with Crippen LogP contribution in [0.3, 0.4) is 0 Å². The Balaban J connectivity index is 2.94. The van der Waals surface area contributed by atoms with Gasteiger partial charge in [0.1, 0.15) is 5.75 Å². The molecule has 0 unspecified atom stereocenters. The van der Waals surface area contributed by atoms with E-state index in [1.54, 1.807) is 0 Å². The van der Waals surface area contributed by atoms with E-state index < -0.39 is 0 Å². The van der Waals surface area contributed by atoms with Gasteiger partial charge in [0, 0.05) is 12.6 Å². The van der Waals surface area contributed by atoms with Crippen LogP contribution >= 0.6 is 0 Å². The maximum absolute atomic E-state index is 5.39. The Labute approximate surface area is 84.8 Å². The second-order valence-electron chi connectivity index (χ2n) is 2.80. The number of nitrogens with zero attached hydrogens (tertiary/aromatic N) is 1. The van der Waals surface area contributed by atoms with Gasteiger partial charge in [0.2, 0.25) is 0 Å². The number of rotatable bonds is 5. The third kappa shape index (κ3) is 2.49. The Hall–Kier alpha value is -1.51. The van der Waals surface area contributed by atoms with E-state index in [0.717, 1.165) is 23.7 Å². The fourth-order valence-corrected chi connectivity index (χ4v) is 1.24. The molecule has 0 aromatic heterocycles. The summed E-state index contributed by atoms with van der Waals surface area (Å²) in [7, 11) is 0. The average Bonchev–Trinajstić information content (AvgIpc) is 2.19. The Bertz CT molecular complexity index is 310.